The number of amides is 2. The average Bonchev–Trinajstić information content (AvgIpc) is 2.88. The Morgan fingerprint density at radius 1 is 0.912 bits per heavy atom. The van der Waals surface area contributed by atoms with E-state index in [0.717, 1.165) is 18.7 Å². The number of halogens is 1. The molecule has 8 nitrogen and oxygen atoms in total. The SMILES string of the molecule is COc1cc(C(=O)N2CCN(C(=O)CN3CCOCC3)CC2)ccc1OCc1ccc(Cl)cc1. The number of nitrogens with zero attached hydrogens (tertiary/aromatic N) is 3. The molecule has 2 aromatic rings. The summed E-state index contributed by atoms with van der Waals surface area (Å²) in [6.07, 6.45) is 0. The van der Waals surface area contributed by atoms with Crippen molar-refractivity contribution in [2.45, 2.75) is 6.61 Å². The Hall–Kier alpha value is -2.81. The molecule has 0 aliphatic carbocycles. The van der Waals surface area contributed by atoms with Crippen LogP contribution in [0, 0.1) is 0 Å². The van der Waals surface area contributed by atoms with Gasteiger partial charge in [0.05, 0.1) is 26.9 Å². The van der Waals surface area contributed by atoms with Crippen molar-refractivity contribution in [1.82, 2.24) is 14.7 Å². The van der Waals surface area contributed by atoms with Gasteiger partial charge in [0.2, 0.25) is 5.91 Å². The van der Waals surface area contributed by atoms with E-state index in [0.29, 0.717) is 74.6 Å². The minimum atomic E-state index is -0.0807. The van der Waals surface area contributed by atoms with Crippen molar-refractivity contribution in [2.75, 3.05) is 66.1 Å². The van der Waals surface area contributed by atoms with Crippen LogP contribution >= 0.6 is 11.6 Å². The van der Waals surface area contributed by atoms with E-state index in [2.05, 4.69) is 4.90 Å². The van der Waals surface area contributed by atoms with Gasteiger partial charge in [0.15, 0.2) is 11.5 Å². The van der Waals surface area contributed by atoms with E-state index in [1.54, 1.807) is 30.2 Å². The summed E-state index contributed by atoms with van der Waals surface area (Å²) in [6, 6.07) is 12.6. The number of ether oxygens (including phenoxy) is 3. The lowest BCUT2D eigenvalue weighted by Gasteiger charge is -2.36. The molecule has 2 aliphatic heterocycles. The number of hydrogen-bond acceptors (Lipinski definition) is 6. The van der Waals surface area contributed by atoms with E-state index in [-0.39, 0.29) is 11.8 Å². The lowest BCUT2D eigenvalue weighted by molar-refractivity contribution is -0.134. The molecule has 2 aromatic carbocycles. The molecule has 2 heterocycles. The van der Waals surface area contributed by atoms with Crippen molar-refractivity contribution < 1.29 is 23.8 Å². The van der Waals surface area contributed by atoms with Crippen molar-refractivity contribution in [1.29, 1.82) is 0 Å². The normalized spacial score (nSPS) is 16.9. The third kappa shape index (κ3) is 6.20. The third-order valence-electron chi connectivity index (χ3n) is 6.10. The standard InChI is InChI=1S/C25H30ClN3O5/c1-32-23-16-20(4-7-22(23)34-18-19-2-5-21(26)6-3-19)25(31)29-10-8-28(9-11-29)24(30)17-27-12-14-33-15-13-27/h2-7,16H,8-15,17-18H2,1H3. The van der Waals surface area contributed by atoms with Crippen LogP contribution in [0.3, 0.4) is 0 Å². The zero-order valence-corrected chi connectivity index (χ0v) is 20.1. The largest absolute Gasteiger partial charge is 0.493 e. The Bertz CT molecular complexity index is 987. The van der Waals surface area contributed by atoms with Crippen LogP contribution in [0.25, 0.3) is 0 Å². The smallest absolute Gasteiger partial charge is 0.254 e. The zero-order chi connectivity index (χ0) is 23.9. The van der Waals surface area contributed by atoms with Crippen LogP contribution < -0.4 is 9.47 Å². The summed E-state index contributed by atoms with van der Waals surface area (Å²) >= 11 is 5.93. The van der Waals surface area contributed by atoms with Crippen LogP contribution in [0.4, 0.5) is 0 Å². The van der Waals surface area contributed by atoms with E-state index in [4.69, 9.17) is 25.8 Å². The van der Waals surface area contributed by atoms with Crippen LogP contribution in [0.15, 0.2) is 42.5 Å². The van der Waals surface area contributed by atoms with Crippen molar-refractivity contribution in [3.63, 3.8) is 0 Å². The summed E-state index contributed by atoms with van der Waals surface area (Å²) in [4.78, 5) is 31.4. The summed E-state index contributed by atoms with van der Waals surface area (Å²) in [6.45, 7) is 5.76. The molecule has 4 rings (SSSR count). The first-order chi connectivity index (χ1) is 16.5. The second-order valence-corrected chi connectivity index (χ2v) is 8.78. The number of methoxy groups -OCH3 is 1. The molecule has 0 radical (unpaired) electrons. The second kappa shape index (κ2) is 11.6. The minimum absolute atomic E-state index is 0.0807. The molecule has 34 heavy (non-hydrogen) atoms. The molecule has 2 amide bonds. The van der Waals surface area contributed by atoms with Gasteiger partial charge in [0, 0.05) is 49.9 Å². The van der Waals surface area contributed by atoms with Gasteiger partial charge in [-0.2, -0.15) is 0 Å². The van der Waals surface area contributed by atoms with Gasteiger partial charge < -0.3 is 24.0 Å². The molecule has 0 N–H and O–H groups in total. The summed E-state index contributed by atoms with van der Waals surface area (Å²) in [5, 5.41) is 0.673. The fourth-order valence-electron chi connectivity index (χ4n) is 4.05. The highest BCUT2D eigenvalue weighted by Crippen LogP contribution is 2.29. The van der Waals surface area contributed by atoms with Gasteiger partial charge in [-0.25, -0.2) is 0 Å². The summed E-state index contributed by atoms with van der Waals surface area (Å²) in [7, 11) is 1.55. The first-order valence-corrected chi connectivity index (χ1v) is 11.8. The summed E-state index contributed by atoms with van der Waals surface area (Å²) < 4.78 is 16.7. The Kier molecular flexibility index (Phi) is 8.26. The number of rotatable bonds is 7. The van der Waals surface area contributed by atoms with Gasteiger partial charge in [-0.15, -0.1) is 0 Å². The van der Waals surface area contributed by atoms with E-state index in [9.17, 15) is 9.59 Å². The predicted molar refractivity (Wildman–Crippen MR) is 129 cm³/mol. The molecule has 0 bridgehead atoms. The van der Waals surface area contributed by atoms with Gasteiger partial charge in [-0.05, 0) is 35.9 Å². The van der Waals surface area contributed by atoms with Crippen LogP contribution in [0.2, 0.25) is 5.02 Å². The topological polar surface area (TPSA) is 71.6 Å². The van der Waals surface area contributed by atoms with Gasteiger partial charge >= 0.3 is 0 Å². The molecular formula is C25H30ClN3O5. The number of piperazine rings is 1. The first-order valence-electron chi connectivity index (χ1n) is 11.5. The molecule has 9 heteroatoms. The molecule has 0 saturated carbocycles. The molecule has 0 aromatic heterocycles. The molecular weight excluding hydrogens is 458 g/mol. The fraction of sp³-hybridized carbons (Fsp3) is 0.440. The van der Waals surface area contributed by atoms with Gasteiger partial charge in [-0.1, -0.05) is 23.7 Å². The maximum atomic E-state index is 13.1. The Morgan fingerprint density at radius 2 is 1.59 bits per heavy atom. The molecule has 182 valence electrons. The maximum Gasteiger partial charge on any atom is 0.254 e. The van der Waals surface area contributed by atoms with E-state index in [1.807, 2.05) is 29.2 Å². The van der Waals surface area contributed by atoms with E-state index >= 15 is 0 Å². The lowest BCUT2D eigenvalue weighted by Crippen LogP contribution is -2.53. The molecule has 0 unspecified atom stereocenters. The van der Waals surface area contributed by atoms with E-state index < -0.39 is 0 Å². The fourth-order valence-corrected chi connectivity index (χ4v) is 4.18. The van der Waals surface area contributed by atoms with Crippen LogP contribution in [-0.4, -0.2) is 92.7 Å². The lowest BCUT2D eigenvalue weighted by atomic mass is 10.1. The quantitative estimate of drug-likeness (QED) is 0.597. The summed E-state index contributed by atoms with van der Waals surface area (Å²) in [5.74, 6) is 1.09. The van der Waals surface area contributed by atoms with Gasteiger partial charge in [0.25, 0.3) is 5.91 Å². The highest BCUT2D eigenvalue weighted by atomic mass is 35.5. The van der Waals surface area contributed by atoms with Crippen LogP contribution in [0.1, 0.15) is 15.9 Å². The van der Waals surface area contributed by atoms with Gasteiger partial charge in [-0.3, -0.25) is 14.5 Å². The molecule has 2 saturated heterocycles. The zero-order valence-electron chi connectivity index (χ0n) is 19.4. The number of carbonyl (C=O) groups is 2. The minimum Gasteiger partial charge on any atom is -0.493 e. The Labute approximate surface area is 204 Å². The monoisotopic (exact) mass is 487 g/mol. The van der Waals surface area contributed by atoms with Gasteiger partial charge in [0.1, 0.15) is 6.61 Å². The summed E-state index contributed by atoms with van der Waals surface area (Å²) in [5.41, 5.74) is 1.51. The van der Waals surface area contributed by atoms with Crippen molar-refractivity contribution in [2.24, 2.45) is 0 Å². The number of carbonyl (C=O) groups excluding carboxylic acids is 2. The number of benzene rings is 2. The highest BCUT2D eigenvalue weighted by Gasteiger charge is 2.26. The van der Waals surface area contributed by atoms with Crippen LogP contribution in [-0.2, 0) is 16.1 Å². The predicted octanol–water partition coefficient (Wildman–Crippen LogP) is 2.54. The third-order valence-corrected chi connectivity index (χ3v) is 6.35. The van der Waals surface area contributed by atoms with Crippen molar-refractivity contribution in [3.8, 4) is 11.5 Å². The molecule has 2 aliphatic rings. The van der Waals surface area contributed by atoms with E-state index in [1.165, 1.54) is 0 Å². The second-order valence-electron chi connectivity index (χ2n) is 8.34. The average molecular weight is 488 g/mol. The Morgan fingerprint density at radius 3 is 2.26 bits per heavy atom. The van der Waals surface area contributed by atoms with Crippen LogP contribution in [0.5, 0.6) is 11.5 Å². The number of morpholine rings is 1. The Balaban J connectivity index is 1.31. The number of hydrogen-bond donors (Lipinski definition) is 0. The van der Waals surface area contributed by atoms with Crippen molar-refractivity contribution >= 4 is 23.4 Å². The maximum absolute atomic E-state index is 13.1. The molecule has 0 spiro atoms. The first kappa shape index (κ1) is 24.3. The molecule has 2 fully saturated rings. The molecule has 0 atom stereocenters. The highest BCUT2D eigenvalue weighted by molar-refractivity contribution is 6.30. The van der Waals surface area contributed by atoms with Crippen molar-refractivity contribution in [3.05, 3.63) is 58.6 Å².